The molecule has 0 aromatic heterocycles. The van der Waals surface area contributed by atoms with Crippen molar-refractivity contribution in [3.05, 3.63) is 35.4 Å². The van der Waals surface area contributed by atoms with Crippen LogP contribution in [0.2, 0.25) is 0 Å². The molecule has 0 spiro atoms. The van der Waals surface area contributed by atoms with Gasteiger partial charge >= 0.3 is 0 Å². The summed E-state index contributed by atoms with van der Waals surface area (Å²) in [5, 5.41) is 13.3. The molecule has 0 radical (unpaired) electrons. The van der Waals surface area contributed by atoms with E-state index in [1.807, 2.05) is 19.1 Å². The van der Waals surface area contributed by atoms with Crippen LogP contribution in [-0.2, 0) is 17.8 Å². The Morgan fingerprint density at radius 2 is 2.11 bits per heavy atom. The van der Waals surface area contributed by atoms with E-state index in [0.29, 0.717) is 19.5 Å². The molecule has 2 N–H and O–H groups in total. The SMILES string of the molecule is CCC1(O)CN(C(=O)[C@H]2Cc3ccccc3CN2)C1. The maximum absolute atomic E-state index is 12.3. The van der Waals surface area contributed by atoms with E-state index in [-0.39, 0.29) is 11.9 Å². The van der Waals surface area contributed by atoms with Crippen LogP contribution in [0.4, 0.5) is 0 Å². The number of benzene rings is 1. The summed E-state index contributed by atoms with van der Waals surface area (Å²) in [5.41, 5.74) is 1.88. The highest BCUT2D eigenvalue weighted by Crippen LogP contribution is 2.26. The smallest absolute Gasteiger partial charge is 0.240 e. The van der Waals surface area contributed by atoms with Crippen LogP contribution in [0.1, 0.15) is 24.5 Å². The van der Waals surface area contributed by atoms with Crippen molar-refractivity contribution in [2.45, 2.75) is 38.0 Å². The molecule has 1 saturated heterocycles. The zero-order valence-corrected chi connectivity index (χ0v) is 11.2. The van der Waals surface area contributed by atoms with Crippen molar-refractivity contribution >= 4 is 5.91 Å². The number of nitrogens with zero attached hydrogens (tertiary/aromatic N) is 1. The highest BCUT2D eigenvalue weighted by Gasteiger charge is 2.44. The fourth-order valence-electron chi connectivity index (χ4n) is 2.89. The van der Waals surface area contributed by atoms with Gasteiger partial charge in [-0.25, -0.2) is 0 Å². The van der Waals surface area contributed by atoms with Crippen molar-refractivity contribution in [3.63, 3.8) is 0 Å². The van der Waals surface area contributed by atoms with Gasteiger partial charge in [-0.3, -0.25) is 4.79 Å². The Morgan fingerprint density at radius 3 is 2.79 bits per heavy atom. The van der Waals surface area contributed by atoms with E-state index in [4.69, 9.17) is 0 Å². The number of carbonyl (C=O) groups is 1. The van der Waals surface area contributed by atoms with Crippen LogP contribution >= 0.6 is 0 Å². The van der Waals surface area contributed by atoms with Gasteiger partial charge in [-0.2, -0.15) is 0 Å². The topological polar surface area (TPSA) is 52.6 Å². The van der Waals surface area contributed by atoms with Crippen LogP contribution in [0.25, 0.3) is 0 Å². The minimum absolute atomic E-state index is 0.118. The summed E-state index contributed by atoms with van der Waals surface area (Å²) in [7, 11) is 0. The average Bonchev–Trinajstić information content (AvgIpc) is 2.42. The third-order valence-corrected chi connectivity index (χ3v) is 4.32. The molecule has 1 atom stereocenters. The molecule has 2 aliphatic rings. The quantitative estimate of drug-likeness (QED) is 0.822. The number of β-amino-alcohol motifs (C(OH)–C–C–N with tert-alkyl or cyclic N) is 1. The first kappa shape index (κ1) is 12.6. The number of carbonyl (C=O) groups excluding carboxylic acids is 1. The van der Waals surface area contributed by atoms with Gasteiger partial charge in [-0.15, -0.1) is 0 Å². The van der Waals surface area contributed by atoms with Crippen molar-refractivity contribution in [2.24, 2.45) is 0 Å². The Balaban J connectivity index is 1.64. The number of hydrogen-bond donors (Lipinski definition) is 2. The first-order chi connectivity index (χ1) is 9.11. The fraction of sp³-hybridized carbons (Fsp3) is 0.533. The minimum Gasteiger partial charge on any atom is -0.386 e. The molecular weight excluding hydrogens is 240 g/mol. The molecule has 4 nitrogen and oxygen atoms in total. The summed E-state index contributed by atoms with van der Waals surface area (Å²) in [4.78, 5) is 14.1. The molecule has 19 heavy (non-hydrogen) atoms. The van der Waals surface area contributed by atoms with Crippen LogP contribution in [-0.4, -0.2) is 40.6 Å². The average molecular weight is 260 g/mol. The molecule has 1 fully saturated rings. The second-order valence-electron chi connectivity index (χ2n) is 5.68. The van der Waals surface area contributed by atoms with E-state index in [1.54, 1.807) is 4.90 Å². The Kier molecular flexibility index (Phi) is 3.07. The number of likely N-dealkylation sites (tertiary alicyclic amines) is 1. The number of nitrogens with one attached hydrogen (secondary N) is 1. The zero-order valence-electron chi connectivity index (χ0n) is 11.2. The molecule has 0 saturated carbocycles. The van der Waals surface area contributed by atoms with Gasteiger partial charge in [0.15, 0.2) is 0 Å². The fourth-order valence-corrected chi connectivity index (χ4v) is 2.89. The van der Waals surface area contributed by atoms with Gasteiger partial charge in [0.2, 0.25) is 5.91 Å². The maximum Gasteiger partial charge on any atom is 0.240 e. The first-order valence-electron chi connectivity index (χ1n) is 6.93. The molecule has 1 amide bonds. The van der Waals surface area contributed by atoms with E-state index in [0.717, 1.165) is 13.0 Å². The van der Waals surface area contributed by atoms with Crippen molar-refractivity contribution in [2.75, 3.05) is 13.1 Å². The van der Waals surface area contributed by atoms with E-state index < -0.39 is 5.60 Å². The lowest BCUT2D eigenvalue weighted by Crippen LogP contribution is -2.66. The van der Waals surface area contributed by atoms with Crippen molar-refractivity contribution in [1.82, 2.24) is 10.2 Å². The first-order valence-corrected chi connectivity index (χ1v) is 6.93. The second kappa shape index (κ2) is 4.62. The van der Waals surface area contributed by atoms with Crippen molar-refractivity contribution in [3.8, 4) is 0 Å². The predicted octanol–water partition coefficient (Wildman–Crippen LogP) is 0.684. The predicted molar refractivity (Wildman–Crippen MR) is 72.6 cm³/mol. The van der Waals surface area contributed by atoms with E-state index in [2.05, 4.69) is 17.4 Å². The Morgan fingerprint density at radius 1 is 1.42 bits per heavy atom. The summed E-state index contributed by atoms with van der Waals surface area (Å²) < 4.78 is 0. The lowest BCUT2D eigenvalue weighted by Gasteiger charge is -2.47. The van der Waals surface area contributed by atoms with Crippen LogP contribution in [0.3, 0.4) is 0 Å². The number of aliphatic hydroxyl groups is 1. The van der Waals surface area contributed by atoms with E-state index >= 15 is 0 Å². The summed E-state index contributed by atoms with van der Waals surface area (Å²) in [6, 6.07) is 8.10. The van der Waals surface area contributed by atoms with Crippen LogP contribution in [0, 0.1) is 0 Å². The molecule has 2 aliphatic heterocycles. The Bertz CT molecular complexity index is 495. The number of rotatable bonds is 2. The van der Waals surface area contributed by atoms with E-state index in [9.17, 15) is 9.90 Å². The van der Waals surface area contributed by atoms with Gasteiger partial charge < -0.3 is 15.3 Å². The molecule has 1 aromatic carbocycles. The van der Waals surface area contributed by atoms with Crippen LogP contribution < -0.4 is 5.32 Å². The van der Waals surface area contributed by atoms with Gasteiger partial charge in [0.05, 0.1) is 24.7 Å². The third-order valence-electron chi connectivity index (χ3n) is 4.32. The summed E-state index contributed by atoms with van der Waals surface area (Å²) in [6.45, 7) is 3.65. The van der Waals surface area contributed by atoms with Crippen LogP contribution in [0.5, 0.6) is 0 Å². The Hall–Kier alpha value is -1.39. The molecule has 2 heterocycles. The summed E-state index contributed by atoms with van der Waals surface area (Å²) in [6.07, 6.45) is 1.45. The lowest BCUT2D eigenvalue weighted by atomic mass is 9.89. The standard InChI is InChI=1S/C15H20N2O2/c1-2-15(19)9-17(10-15)14(18)13-7-11-5-3-4-6-12(11)8-16-13/h3-6,13,16,19H,2,7-10H2,1H3/t13-/m1/s1. The van der Waals surface area contributed by atoms with Gasteiger partial charge in [0, 0.05) is 6.54 Å². The molecule has 0 bridgehead atoms. The van der Waals surface area contributed by atoms with E-state index in [1.165, 1.54) is 11.1 Å². The molecule has 3 rings (SSSR count). The molecular formula is C15H20N2O2. The van der Waals surface area contributed by atoms with Crippen molar-refractivity contribution in [1.29, 1.82) is 0 Å². The van der Waals surface area contributed by atoms with Gasteiger partial charge in [0.1, 0.15) is 0 Å². The summed E-state index contributed by atoms with van der Waals surface area (Å²) in [5.74, 6) is 0.118. The zero-order chi connectivity index (χ0) is 13.5. The minimum atomic E-state index is -0.651. The van der Waals surface area contributed by atoms with Crippen LogP contribution in [0.15, 0.2) is 24.3 Å². The number of hydrogen-bond acceptors (Lipinski definition) is 3. The maximum atomic E-state index is 12.3. The van der Waals surface area contributed by atoms with Crippen molar-refractivity contribution < 1.29 is 9.90 Å². The molecule has 0 unspecified atom stereocenters. The highest BCUT2D eigenvalue weighted by atomic mass is 16.3. The van der Waals surface area contributed by atoms with Gasteiger partial charge in [-0.05, 0) is 24.0 Å². The highest BCUT2D eigenvalue weighted by molar-refractivity contribution is 5.83. The monoisotopic (exact) mass is 260 g/mol. The number of amides is 1. The lowest BCUT2D eigenvalue weighted by molar-refractivity contribution is -0.158. The molecule has 102 valence electrons. The summed E-state index contributed by atoms with van der Waals surface area (Å²) >= 11 is 0. The number of fused-ring (bicyclic) bond motifs is 1. The normalized spacial score (nSPS) is 24.5. The third kappa shape index (κ3) is 2.26. The molecule has 0 aliphatic carbocycles. The molecule has 4 heteroatoms. The van der Waals surface area contributed by atoms with Gasteiger partial charge in [0.25, 0.3) is 0 Å². The largest absolute Gasteiger partial charge is 0.386 e. The molecule has 1 aromatic rings. The Labute approximate surface area is 113 Å². The van der Waals surface area contributed by atoms with Gasteiger partial charge in [-0.1, -0.05) is 31.2 Å². The second-order valence-corrected chi connectivity index (χ2v) is 5.68.